The van der Waals surface area contributed by atoms with Crippen LogP contribution >= 0.6 is 0 Å². The maximum atomic E-state index is 13.5. The highest BCUT2D eigenvalue weighted by molar-refractivity contribution is 5.99. The molecule has 0 heterocycles. The normalized spacial score (nSPS) is 12.3. The van der Waals surface area contributed by atoms with Crippen LogP contribution < -0.4 is 0 Å². The summed E-state index contributed by atoms with van der Waals surface area (Å²) >= 11 is 0. The fourth-order valence-electron chi connectivity index (χ4n) is 1.75. The summed E-state index contributed by atoms with van der Waals surface area (Å²) in [5, 5.41) is 9.66. The first kappa shape index (κ1) is 15.1. The number of rotatable bonds is 3. The van der Waals surface area contributed by atoms with Crippen molar-refractivity contribution in [3.63, 3.8) is 0 Å². The summed E-state index contributed by atoms with van der Waals surface area (Å²) in [5.41, 5.74) is -1.70. The third-order valence-electron chi connectivity index (χ3n) is 2.82. The van der Waals surface area contributed by atoms with Gasteiger partial charge in [0, 0.05) is 5.56 Å². The van der Waals surface area contributed by atoms with E-state index in [9.17, 15) is 31.9 Å². The van der Waals surface area contributed by atoms with E-state index in [1.807, 2.05) is 0 Å². The van der Waals surface area contributed by atoms with Gasteiger partial charge in [-0.15, -0.1) is 0 Å². The van der Waals surface area contributed by atoms with Crippen molar-refractivity contribution in [2.45, 2.75) is 6.10 Å². The molecule has 2 aromatic carbocycles. The summed E-state index contributed by atoms with van der Waals surface area (Å²) in [7, 11) is 0. The minimum Gasteiger partial charge on any atom is -0.380 e. The van der Waals surface area contributed by atoms with Crippen molar-refractivity contribution in [3.8, 4) is 0 Å². The molecule has 0 saturated heterocycles. The van der Waals surface area contributed by atoms with Crippen molar-refractivity contribution in [3.05, 3.63) is 70.5 Å². The Hall–Kier alpha value is -2.28. The van der Waals surface area contributed by atoms with Gasteiger partial charge in [-0.1, -0.05) is 30.3 Å². The average Bonchev–Trinajstić information content (AvgIpc) is 2.51. The summed E-state index contributed by atoms with van der Waals surface area (Å²) in [6, 6.07) is 6.84. The second kappa shape index (κ2) is 5.61. The van der Waals surface area contributed by atoms with Crippen LogP contribution in [0.4, 0.5) is 22.0 Å². The molecule has 0 aliphatic heterocycles. The van der Waals surface area contributed by atoms with Crippen molar-refractivity contribution in [2.75, 3.05) is 0 Å². The highest BCUT2D eigenvalue weighted by Gasteiger charge is 2.33. The number of ketones is 1. The second-order valence-electron chi connectivity index (χ2n) is 4.12. The number of hydrogen-bond donors (Lipinski definition) is 1. The van der Waals surface area contributed by atoms with E-state index in [2.05, 4.69) is 0 Å². The van der Waals surface area contributed by atoms with E-state index in [0.29, 0.717) is 0 Å². The topological polar surface area (TPSA) is 37.3 Å². The van der Waals surface area contributed by atoms with Crippen LogP contribution in [0.2, 0.25) is 0 Å². The number of halogens is 5. The summed E-state index contributed by atoms with van der Waals surface area (Å²) in [4.78, 5) is 11.8. The molecular formula is C14H7F5O2. The van der Waals surface area contributed by atoms with Crippen LogP contribution in [0.3, 0.4) is 0 Å². The van der Waals surface area contributed by atoms with Crippen molar-refractivity contribution in [1.29, 1.82) is 0 Å². The van der Waals surface area contributed by atoms with Gasteiger partial charge in [-0.2, -0.15) is 0 Å². The highest BCUT2D eigenvalue weighted by atomic mass is 19.2. The van der Waals surface area contributed by atoms with E-state index in [0.717, 1.165) is 0 Å². The van der Waals surface area contributed by atoms with Gasteiger partial charge < -0.3 is 5.11 Å². The second-order valence-corrected chi connectivity index (χ2v) is 4.12. The van der Waals surface area contributed by atoms with Gasteiger partial charge in [0.1, 0.15) is 6.10 Å². The van der Waals surface area contributed by atoms with Crippen LogP contribution in [-0.4, -0.2) is 10.9 Å². The quantitative estimate of drug-likeness (QED) is 0.409. The fourth-order valence-corrected chi connectivity index (χ4v) is 1.75. The number of aliphatic hydroxyl groups is 1. The van der Waals surface area contributed by atoms with Crippen LogP contribution in [-0.2, 0) is 0 Å². The number of carbonyl (C=O) groups is 1. The zero-order valence-electron chi connectivity index (χ0n) is 10.2. The summed E-state index contributed by atoms with van der Waals surface area (Å²) in [5.74, 6) is -12.4. The van der Waals surface area contributed by atoms with Gasteiger partial charge in [0.05, 0.1) is 5.56 Å². The molecule has 0 fully saturated rings. The van der Waals surface area contributed by atoms with E-state index in [1.165, 1.54) is 24.3 Å². The van der Waals surface area contributed by atoms with Crippen LogP contribution in [0.25, 0.3) is 0 Å². The predicted octanol–water partition coefficient (Wildman–Crippen LogP) is 3.30. The van der Waals surface area contributed by atoms with E-state index < -0.39 is 46.5 Å². The number of aliphatic hydroxyl groups excluding tert-OH is 1. The van der Waals surface area contributed by atoms with Crippen molar-refractivity contribution in [2.24, 2.45) is 0 Å². The lowest BCUT2D eigenvalue weighted by Gasteiger charge is -2.13. The average molecular weight is 302 g/mol. The molecule has 0 spiro atoms. The Morgan fingerprint density at radius 2 is 1.24 bits per heavy atom. The Morgan fingerprint density at radius 3 is 1.71 bits per heavy atom. The Bertz CT molecular complexity index is 671. The largest absolute Gasteiger partial charge is 0.380 e. The zero-order valence-corrected chi connectivity index (χ0v) is 10.2. The molecule has 2 rings (SSSR count). The molecule has 2 nitrogen and oxygen atoms in total. The number of Topliss-reactive ketones (excluding diaryl/α,β-unsaturated/α-hetero) is 1. The van der Waals surface area contributed by atoms with E-state index in [-0.39, 0.29) is 5.56 Å². The van der Waals surface area contributed by atoms with Gasteiger partial charge in [-0.05, 0) is 0 Å². The van der Waals surface area contributed by atoms with Crippen molar-refractivity contribution < 1.29 is 31.9 Å². The molecule has 1 N–H and O–H groups in total. The molecule has 0 amide bonds. The van der Waals surface area contributed by atoms with Gasteiger partial charge in [-0.25, -0.2) is 22.0 Å². The smallest absolute Gasteiger partial charge is 0.200 e. The molecule has 1 atom stereocenters. The van der Waals surface area contributed by atoms with E-state index >= 15 is 0 Å². The molecule has 7 heteroatoms. The van der Waals surface area contributed by atoms with Crippen LogP contribution in [0, 0.1) is 29.1 Å². The molecule has 0 unspecified atom stereocenters. The lowest BCUT2D eigenvalue weighted by atomic mass is 9.98. The van der Waals surface area contributed by atoms with Gasteiger partial charge >= 0.3 is 0 Å². The van der Waals surface area contributed by atoms with Crippen LogP contribution in [0.5, 0.6) is 0 Å². The molecule has 0 radical (unpaired) electrons. The Kier molecular flexibility index (Phi) is 4.04. The molecule has 0 saturated carbocycles. The molecular weight excluding hydrogens is 295 g/mol. The summed E-state index contributed by atoms with van der Waals surface area (Å²) in [6.45, 7) is 0. The van der Waals surface area contributed by atoms with Gasteiger partial charge in [-0.3, -0.25) is 4.79 Å². The first-order chi connectivity index (χ1) is 9.86. The SMILES string of the molecule is O=C(c1ccccc1)[C@H](O)c1c(F)c(F)c(F)c(F)c1F. The fraction of sp³-hybridized carbons (Fsp3) is 0.0714. The first-order valence-corrected chi connectivity index (χ1v) is 5.65. The number of carbonyl (C=O) groups excluding carboxylic acids is 1. The molecule has 0 aliphatic carbocycles. The lowest BCUT2D eigenvalue weighted by molar-refractivity contribution is 0.0728. The molecule has 2 aromatic rings. The Balaban J connectivity index is 2.55. The summed E-state index contributed by atoms with van der Waals surface area (Å²) in [6.07, 6.45) is -2.50. The third kappa shape index (κ3) is 2.52. The van der Waals surface area contributed by atoms with Crippen molar-refractivity contribution >= 4 is 5.78 Å². The molecule has 0 aromatic heterocycles. The highest BCUT2D eigenvalue weighted by Crippen LogP contribution is 2.29. The Morgan fingerprint density at radius 1 is 0.810 bits per heavy atom. The van der Waals surface area contributed by atoms with Gasteiger partial charge in [0.15, 0.2) is 29.1 Å². The Labute approximate surface area is 115 Å². The lowest BCUT2D eigenvalue weighted by Crippen LogP contribution is -2.18. The standard InChI is InChI=1S/C14H7F5O2/c15-8-7(9(16)11(18)12(19)10(8)17)14(21)13(20)6-4-2-1-3-5-6/h1-5,14,21H/t14-/m1/s1. The molecule has 0 aliphatic rings. The van der Waals surface area contributed by atoms with Gasteiger partial charge in [0.25, 0.3) is 0 Å². The predicted molar refractivity (Wildman–Crippen MR) is 62.0 cm³/mol. The minimum absolute atomic E-state index is 0.131. The monoisotopic (exact) mass is 302 g/mol. The first-order valence-electron chi connectivity index (χ1n) is 5.65. The van der Waals surface area contributed by atoms with Crippen molar-refractivity contribution in [1.82, 2.24) is 0 Å². The van der Waals surface area contributed by atoms with Crippen LogP contribution in [0.15, 0.2) is 30.3 Å². The maximum absolute atomic E-state index is 13.5. The maximum Gasteiger partial charge on any atom is 0.200 e. The third-order valence-corrected chi connectivity index (χ3v) is 2.82. The van der Waals surface area contributed by atoms with E-state index in [1.54, 1.807) is 6.07 Å². The van der Waals surface area contributed by atoms with Crippen LogP contribution in [0.1, 0.15) is 22.0 Å². The van der Waals surface area contributed by atoms with Gasteiger partial charge in [0.2, 0.25) is 5.82 Å². The molecule has 21 heavy (non-hydrogen) atoms. The zero-order chi connectivity index (χ0) is 15.7. The molecule has 0 bridgehead atoms. The summed E-state index contributed by atoms with van der Waals surface area (Å²) < 4.78 is 66.0. The number of hydrogen-bond acceptors (Lipinski definition) is 2. The van der Waals surface area contributed by atoms with E-state index in [4.69, 9.17) is 0 Å². The minimum atomic E-state index is -2.50. The number of benzene rings is 2. The molecule has 110 valence electrons.